The van der Waals surface area contributed by atoms with E-state index in [1.807, 2.05) is 0 Å². The van der Waals surface area contributed by atoms with Crippen molar-refractivity contribution >= 4 is 40.7 Å². The fourth-order valence-electron chi connectivity index (χ4n) is 3.65. The Hall–Kier alpha value is -2.12. The number of anilines is 1. The summed E-state index contributed by atoms with van der Waals surface area (Å²) in [5, 5.41) is 10.8. The monoisotopic (exact) mass is 438 g/mol. The highest BCUT2D eigenvalue weighted by Crippen LogP contribution is 2.34. The van der Waals surface area contributed by atoms with Crippen LogP contribution in [-0.4, -0.2) is 22.0 Å². The van der Waals surface area contributed by atoms with E-state index < -0.39 is 5.54 Å². The van der Waals surface area contributed by atoms with Crippen LogP contribution in [0.5, 0.6) is 0 Å². The van der Waals surface area contributed by atoms with Gasteiger partial charge in [0.1, 0.15) is 5.54 Å². The summed E-state index contributed by atoms with van der Waals surface area (Å²) in [6.07, 6.45) is 6.25. The molecule has 1 fully saturated rings. The Balaban J connectivity index is 1.64. The third kappa shape index (κ3) is 5.70. The minimum Gasteiger partial charge on any atom is -0.343 e. The number of benzene rings is 1. The van der Waals surface area contributed by atoms with Crippen molar-refractivity contribution in [2.24, 2.45) is 0 Å². The molecule has 2 aromatic rings. The van der Waals surface area contributed by atoms with E-state index in [-0.39, 0.29) is 18.2 Å². The Bertz CT molecular complexity index is 876. The standard InChI is InChI=1S/C20H24Cl2N4O3/c1-13(27)25-20(10-4-2-3-5-11-20)19-24-18(29-26-19)9-8-17(28)23-16-7-6-14(21)12-15(16)22/h6-7,12H,2-5,8-11H2,1H3,(H,23,28)(H,25,27). The van der Waals surface area contributed by atoms with Crippen molar-refractivity contribution in [3.05, 3.63) is 40.0 Å². The summed E-state index contributed by atoms with van der Waals surface area (Å²) in [5.74, 6) is 0.523. The minimum atomic E-state index is -0.594. The van der Waals surface area contributed by atoms with Crippen molar-refractivity contribution in [2.45, 2.75) is 63.8 Å². The van der Waals surface area contributed by atoms with Crippen LogP contribution in [0.2, 0.25) is 10.0 Å². The van der Waals surface area contributed by atoms with E-state index in [4.69, 9.17) is 27.7 Å². The first-order valence-corrected chi connectivity index (χ1v) is 10.5. The Morgan fingerprint density at radius 2 is 1.90 bits per heavy atom. The molecule has 0 radical (unpaired) electrons. The molecular formula is C20H24Cl2N4O3. The van der Waals surface area contributed by atoms with Crippen LogP contribution in [-0.2, 0) is 21.5 Å². The Kier molecular flexibility index (Phi) is 7.14. The quantitative estimate of drug-likeness (QED) is 0.640. The fourth-order valence-corrected chi connectivity index (χ4v) is 4.10. The van der Waals surface area contributed by atoms with E-state index in [0.29, 0.717) is 33.9 Å². The highest BCUT2D eigenvalue weighted by atomic mass is 35.5. The van der Waals surface area contributed by atoms with E-state index in [0.717, 1.165) is 38.5 Å². The highest BCUT2D eigenvalue weighted by molar-refractivity contribution is 6.36. The van der Waals surface area contributed by atoms with E-state index in [9.17, 15) is 9.59 Å². The highest BCUT2D eigenvalue weighted by Gasteiger charge is 2.38. The van der Waals surface area contributed by atoms with Crippen molar-refractivity contribution in [3.8, 4) is 0 Å². The van der Waals surface area contributed by atoms with E-state index >= 15 is 0 Å². The van der Waals surface area contributed by atoms with Gasteiger partial charge >= 0.3 is 0 Å². The molecular weight excluding hydrogens is 415 g/mol. The molecule has 1 aromatic carbocycles. The van der Waals surface area contributed by atoms with Crippen LogP contribution in [0.4, 0.5) is 5.69 Å². The average Bonchev–Trinajstić information content (AvgIpc) is 3.02. The molecule has 0 atom stereocenters. The van der Waals surface area contributed by atoms with Crippen LogP contribution in [0, 0.1) is 0 Å². The van der Waals surface area contributed by atoms with Gasteiger partial charge in [-0.2, -0.15) is 4.98 Å². The molecule has 2 N–H and O–H groups in total. The van der Waals surface area contributed by atoms with Gasteiger partial charge in [-0.1, -0.05) is 54.0 Å². The summed E-state index contributed by atoms with van der Waals surface area (Å²) in [7, 11) is 0. The molecule has 3 rings (SSSR count). The Labute approximate surface area is 179 Å². The molecule has 29 heavy (non-hydrogen) atoms. The van der Waals surface area contributed by atoms with Gasteiger partial charge in [0, 0.05) is 24.8 Å². The normalized spacial score (nSPS) is 16.1. The number of rotatable bonds is 6. The minimum absolute atomic E-state index is 0.113. The molecule has 156 valence electrons. The number of aryl methyl sites for hydroxylation is 1. The number of carbonyl (C=O) groups is 2. The molecule has 0 bridgehead atoms. The summed E-state index contributed by atoms with van der Waals surface area (Å²) in [6, 6.07) is 4.87. The van der Waals surface area contributed by atoms with Gasteiger partial charge in [-0.15, -0.1) is 0 Å². The molecule has 0 unspecified atom stereocenters. The van der Waals surface area contributed by atoms with Gasteiger partial charge in [0.15, 0.2) is 5.82 Å². The summed E-state index contributed by atoms with van der Waals surface area (Å²) < 4.78 is 5.37. The van der Waals surface area contributed by atoms with Crippen LogP contribution in [0.25, 0.3) is 0 Å². The summed E-state index contributed by atoms with van der Waals surface area (Å²) in [6.45, 7) is 1.50. The van der Waals surface area contributed by atoms with E-state index in [1.165, 1.54) is 6.92 Å². The van der Waals surface area contributed by atoms with Crippen LogP contribution in [0.1, 0.15) is 63.6 Å². The molecule has 0 aliphatic heterocycles. The summed E-state index contributed by atoms with van der Waals surface area (Å²) in [5.41, 5.74) is -0.0984. The number of nitrogens with zero attached hydrogens (tertiary/aromatic N) is 2. The van der Waals surface area contributed by atoms with E-state index in [1.54, 1.807) is 18.2 Å². The van der Waals surface area contributed by atoms with Gasteiger partial charge in [-0.05, 0) is 31.0 Å². The molecule has 7 nitrogen and oxygen atoms in total. The first kappa shape index (κ1) is 21.6. The third-order valence-electron chi connectivity index (χ3n) is 5.04. The van der Waals surface area contributed by atoms with Gasteiger partial charge in [0.2, 0.25) is 17.7 Å². The van der Waals surface area contributed by atoms with Crippen molar-refractivity contribution in [1.29, 1.82) is 0 Å². The van der Waals surface area contributed by atoms with Gasteiger partial charge in [-0.3, -0.25) is 9.59 Å². The maximum Gasteiger partial charge on any atom is 0.227 e. The number of amides is 2. The first-order valence-electron chi connectivity index (χ1n) is 9.75. The fraction of sp³-hybridized carbons (Fsp3) is 0.500. The van der Waals surface area contributed by atoms with Crippen molar-refractivity contribution < 1.29 is 14.1 Å². The predicted octanol–water partition coefficient (Wildman–Crippen LogP) is 4.63. The largest absolute Gasteiger partial charge is 0.343 e. The number of hydrogen-bond acceptors (Lipinski definition) is 5. The van der Waals surface area contributed by atoms with Crippen LogP contribution < -0.4 is 10.6 Å². The van der Waals surface area contributed by atoms with E-state index in [2.05, 4.69) is 20.8 Å². The van der Waals surface area contributed by atoms with Gasteiger partial charge in [0.05, 0.1) is 10.7 Å². The number of carbonyl (C=O) groups excluding carboxylic acids is 2. The molecule has 9 heteroatoms. The molecule has 2 amide bonds. The lowest BCUT2D eigenvalue weighted by atomic mass is 9.89. The SMILES string of the molecule is CC(=O)NC1(c2noc(CCC(=O)Nc3ccc(Cl)cc3Cl)n2)CCCCCC1. The molecule has 1 aliphatic rings. The molecule has 0 spiro atoms. The maximum absolute atomic E-state index is 12.2. The number of hydrogen-bond donors (Lipinski definition) is 2. The zero-order valence-electron chi connectivity index (χ0n) is 16.3. The van der Waals surface area contributed by atoms with Crippen LogP contribution >= 0.6 is 23.2 Å². The average molecular weight is 439 g/mol. The molecule has 1 aliphatic carbocycles. The van der Waals surface area contributed by atoms with Crippen LogP contribution in [0.3, 0.4) is 0 Å². The smallest absolute Gasteiger partial charge is 0.227 e. The molecule has 0 saturated heterocycles. The number of halogens is 2. The topological polar surface area (TPSA) is 97.1 Å². The van der Waals surface area contributed by atoms with Gasteiger partial charge < -0.3 is 15.2 Å². The number of aromatic nitrogens is 2. The maximum atomic E-state index is 12.2. The second-order valence-corrected chi connectivity index (χ2v) is 8.21. The molecule has 1 aromatic heterocycles. The third-order valence-corrected chi connectivity index (χ3v) is 5.59. The van der Waals surface area contributed by atoms with Crippen LogP contribution in [0.15, 0.2) is 22.7 Å². The lowest BCUT2D eigenvalue weighted by Crippen LogP contribution is -2.45. The van der Waals surface area contributed by atoms with Gasteiger partial charge in [0.25, 0.3) is 0 Å². The Morgan fingerprint density at radius 3 is 2.55 bits per heavy atom. The lowest BCUT2D eigenvalue weighted by Gasteiger charge is -2.30. The van der Waals surface area contributed by atoms with Crippen molar-refractivity contribution in [2.75, 3.05) is 5.32 Å². The van der Waals surface area contributed by atoms with Crippen molar-refractivity contribution in [3.63, 3.8) is 0 Å². The van der Waals surface area contributed by atoms with Gasteiger partial charge in [-0.25, -0.2) is 0 Å². The van der Waals surface area contributed by atoms with Crippen molar-refractivity contribution in [1.82, 2.24) is 15.5 Å². The second-order valence-electron chi connectivity index (χ2n) is 7.36. The lowest BCUT2D eigenvalue weighted by molar-refractivity contribution is -0.121. The summed E-state index contributed by atoms with van der Waals surface area (Å²) in [4.78, 5) is 28.5. The zero-order valence-corrected chi connectivity index (χ0v) is 17.8. The Morgan fingerprint density at radius 1 is 1.17 bits per heavy atom. The molecule has 1 saturated carbocycles. The zero-order chi connectivity index (χ0) is 20.9. The summed E-state index contributed by atoms with van der Waals surface area (Å²) >= 11 is 11.9. The number of nitrogens with one attached hydrogen (secondary N) is 2. The second kappa shape index (κ2) is 9.59. The predicted molar refractivity (Wildman–Crippen MR) is 111 cm³/mol. The molecule has 1 heterocycles. The first-order chi connectivity index (χ1) is 13.9.